The van der Waals surface area contributed by atoms with Crippen LogP contribution in [0.4, 0.5) is 21.9 Å². The third-order valence-electron chi connectivity index (χ3n) is 4.29. The molecule has 0 aromatic heterocycles. The third kappa shape index (κ3) is 5.34. The van der Waals surface area contributed by atoms with Crippen LogP contribution in [-0.2, 0) is 4.74 Å². The van der Waals surface area contributed by atoms with Crippen molar-refractivity contribution in [1.29, 1.82) is 0 Å². The molecule has 2 aromatic rings. The molecule has 0 saturated carbocycles. The lowest BCUT2D eigenvalue weighted by atomic mass is 10.2. The molecule has 0 aliphatic carbocycles. The quantitative estimate of drug-likeness (QED) is 0.780. The molecule has 1 amide bonds. The summed E-state index contributed by atoms with van der Waals surface area (Å²) in [6, 6.07) is 18.0. The van der Waals surface area contributed by atoms with Gasteiger partial charge in [-0.05, 0) is 55.5 Å². The number of amides is 1. The molecule has 3 rings (SSSR count). The van der Waals surface area contributed by atoms with Crippen molar-refractivity contribution >= 4 is 40.5 Å². The summed E-state index contributed by atoms with van der Waals surface area (Å²) in [4.78, 5) is 15.5. The Balaban J connectivity index is 1.49. The highest BCUT2D eigenvalue weighted by molar-refractivity contribution is 7.80. The minimum Gasteiger partial charge on any atom is -0.450 e. The third-order valence-corrected chi connectivity index (χ3v) is 4.65. The van der Waals surface area contributed by atoms with E-state index in [0.29, 0.717) is 37.9 Å². The van der Waals surface area contributed by atoms with Crippen LogP contribution in [0.25, 0.3) is 0 Å². The number of carbonyl (C=O) groups is 1. The summed E-state index contributed by atoms with van der Waals surface area (Å²) >= 11 is 5.51. The molecule has 0 radical (unpaired) electrons. The van der Waals surface area contributed by atoms with Gasteiger partial charge in [0, 0.05) is 43.2 Å². The van der Waals surface area contributed by atoms with E-state index >= 15 is 0 Å². The molecule has 142 valence electrons. The van der Waals surface area contributed by atoms with Crippen LogP contribution >= 0.6 is 12.2 Å². The van der Waals surface area contributed by atoms with Crippen molar-refractivity contribution in [2.24, 2.45) is 0 Å². The molecule has 7 heteroatoms. The van der Waals surface area contributed by atoms with Gasteiger partial charge in [-0.2, -0.15) is 0 Å². The second kappa shape index (κ2) is 9.23. The first-order valence-electron chi connectivity index (χ1n) is 9.05. The van der Waals surface area contributed by atoms with Crippen LogP contribution in [0.1, 0.15) is 6.92 Å². The molecule has 6 nitrogen and oxygen atoms in total. The van der Waals surface area contributed by atoms with Gasteiger partial charge in [0.1, 0.15) is 0 Å². The zero-order valence-electron chi connectivity index (χ0n) is 15.4. The zero-order chi connectivity index (χ0) is 19.1. The maximum Gasteiger partial charge on any atom is 0.409 e. The van der Waals surface area contributed by atoms with Crippen molar-refractivity contribution < 1.29 is 9.53 Å². The van der Waals surface area contributed by atoms with Gasteiger partial charge < -0.3 is 25.2 Å². The molecular formula is C20H24N4O2S. The Kier molecular flexibility index (Phi) is 6.49. The molecule has 1 aliphatic heterocycles. The number of hydrogen-bond acceptors (Lipinski definition) is 4. The summed E-state index contributed by atoms with van der Waals surface area (Å²) in [5.74, 6) is 0. The van der Waals surface area contributed by atoms with Gasteiger partial charge >= 0.3 is 6.09 Å². The number of hydrogen-bond donors (Lipinski definition) is 2. The number of para-hydroxylation sites is 1. The fraction of sp³-hybridized carbons (Fsp3) is 0.300. The molecule has 0 unspecified atom stereocenters. The minimum absolute atomic E-state index is 0.252. The molecule has 1 heterocycles. The second-order valence-electron chi connectivity index (χ2n) is 6.17. The van der Waals surface area contributed by atoms with Crippen molar-refractivity contribution in [3.05, 3.63) is 54.6 Å². The van der Waals surface area contributed by atoms with Crippen molar-refractivity contribution in [2.75, 3.05) is 43.4 Å². The summed E-state index contributed by atoms with van der Waals surface area (Å²) in [5, 5.41) is 7.29. The van der Waals surface area contributed by atoms with E-state index in [2.05, 4.69) is 15.5 Å². The first-order chi connectivity index (χ1) is 13.2. The number of rotatable bonds is 4. The molecule has 0 atom stereocenters. The Morgan fingerprint density at radius 2 is 1.48 bits per heavy atom. The first-order valence-corrected chi connectivity index (χ1v) is 9.46. The lowest BCUT2D eigenvalue weighted by Crippen LogP contribution is -2.51. The van der Waals surface area contributed by atoms with Crippen molar-refractivity contribution in [2.45, 2.75) is 6.92 Å². The lowest BCUT2D eigenvalue weighted by Gasteiger charge is -2.35. The van der Waals surface area contributed by atoms with Crippen LogP contribution in [0.15, 0.2) is 54.6 Å². The monoisotopic (exact) mass is 384 g/mol. The average Bonchev–Trinajstić information content (AvgIpc) is 2.70. The molecule has 0 spiro atoms. The van der Waals surface area contributed by atoms with Crippen molar-refractivity contribution in [3.8, 4) is 0 Å². The van der Waals surface area contributed by atoms with E-state index < -0.39 is 0 Å². The number of nitrogens with one attached hydrogen (secondary N) is 2. The second-order valence-corrected chi connectivity index (χ2v) is 6.56. The van der Waals surface area contributed by atoms with Gasteiger partial charge in [0.25, 0.3) is 0 Å². The van der Waals surface area contributed by atoms with Crippen LogP contribution in [-0.4, -0.2) is 53.8 Å². The molecule has 2 aromatic carbocycles. The highest BCUT2D eigenvalue weighted by Gasteiger charge is 2.23. The number of piperazine rings is 1. The Hall–Kier alpha value is -2.80. The fourth-order valence-corrected chi connectivity index (χ4v) is 3.13. The normalized spacial score (nSPS) is 13.8. The Morgan fingerprint density at radius 1 is 0.926 bits per heavy atom. The van der Waals surface area contributed by atoms with E-state index in [1.807, 2.05) is 61.5 Å². The van der Waals surface area contributed by atoms with Crippen molar-refractivity contribution in [1.82, 2.24) is 9.80 Å². The molecule has 1 saturated heterocycles. The van der Waals surface area contributed by atoms with E-state index in [-0.39, 0.29) is 6.09 Å². The Labute approximate surface area is 165 Å². The number of anilines is 3. The molecule has 1 fully saturated rings. The fourth-order valence-electron chi connectivity index (χ4n) is 2.83. The number of ether oxygens (including phenoxy) is 1. The van der Waals surface area contributed by atoms with E-state index in [4.69, 9.17) is 17.0 Å². The Morgan fingerprint density at radius 3 is 2.11 bits per heavy atom. The summed E-state index contributed by atoms with van der Waals surface area (Å²) in [6.07, 6.45) is -0.252. The predicted molar refractivity (Wildman–Crippen MR) is 113 cm³/mol. The molecule has 1 aliphatic rings. The van der Waals surface area contributed by atoms with Crippen LogP contribution in [0.2, 0.25) is 0 Å². The molecule has 27 heavy (non-hydrogen) atoms. The van der Waals surface area contributed by atoms with Crippen molar-refractivity contribution in [3.63, 3.8) is 0 Å². The van der Waals surface area contributed by atoms with Gasteiger partial charge in [0.2, 0.25) is 0 Å². The van der Waals surface area contributed by atoms with Crippen LogP contribution in [0.5, 0.6) is 0 Å². The maximum atomic E-state index is 11.8. The van der Waals surface area contributed by atoms with Gasteiger partial charge in [-0.15, -0.1) is 0 Å². The molecular weight excluding hydrogens is 360 g/mol. The number of nitrogens with zero attached hydrogens (tertiary/aromatic N) is 2. The smallest absolute Gasteiger partial charge is 0.409 e. The van der Waals surface area contributed by atoms with Crippen LogP contribution in [0.3, 0.4) is 0 Å². The summed E-state index contributed by atoms with van der Waals surface area (Å²) in [7, 11) is 0. The number of carbonyl (C=O) groups excluding carboxylic acids is 1. The lowest BCUT2D eigenvalue weighted by molar-refractivity contribution is 0.0923. The summed E-state index contributed by atoms with van der Waals surface area (Å²) in [6.45, 7) is 4.82. The van der Waals surface area contributed by atoms with Gasteiger partial charge in [0.05, 0.1) is 6.61 Å². The zero-order valence-corrected chi connectivity index (χ0v) is 16.2. The van der Waals surface area contributed by atoms with E-state index in [1.54, 1.807) is 4.90 Å². The Bertz CT molecular complexity index is 759. The number of thiocarbonyl (C=S) groups is 1. The standard InChI is InChI=1S/C20H24N4O2S/c1-2-26-20(25)24-14-12-23(13-15-24)19(27)22-18-10-8-17(9-11-18)21-16-6-4-3-5-7-16/h3-11,21H,2,12-15H2,1H3,(H,22,27). The topological polar surface area (TPSA) is 56.8 Å². The largest absolute Gasteiger partial charge is 0.450 e. The molecule has 2 N–H and O–H groups in total. The van der Waals surface area contributed by atoms with Gasteiger partial charge in [-0.1, -0.05) is 18.2 Å². The van der Waals surface area contributed by atoms with E-state index in [1.165, 1.54) is 0 Å². The summed E-state index contributed by atoms with van der Waals surface area (Å²) < 4.78 is 5.04. The van der Waals surface area contributed by atoms with Gasteiger partial charge in [-0.3, -0.25) is 0 Å². The highest BCUT2D eigenvalue weighted by Crippen LogP contribution is 2.19. The first kappa shape index (κ1) is 19.0. The van der Waals surface area contributed by atoms with E-state index in [9.17, 15) is 4.79 Å². The van der Waals surface area contributed by atoms with E-state index in [0.717, 1.165) is 17.1 Å². The minimum atomic E-state index is -0.252. The SMILES string of the molecule is CCOC(=O)N1CCN(C(=S)Nc2ccc(Nc3ccccc3)cc2)CC1. The van der Waals surface area contributed by atoms with Crippen LogP contribution in [0, 0.1) is 0 Å². The average molecular weight is 385 g/mol. The predicted octanol–water partition coefficient (Wildman–Crippen LogP) is 3.90. The summed E-state index contributed by atoms with van der Waals surface area (Å²) in [5.41, 5.74) is 3.00. The van der Waals surface area contributed by atoms with Crippen LogP contribution < -0.4 is 10.6 Å². The number of benzene rings is 2. The van der Waals surface area contributed by atoms with Gasteiger partial charge in [-0.25, -0.2) is 4.79 Å². The molecule has 0 bridgehead atoms. The maximum absolute atomic E-state index is 11.8. The highest BCUT2D eigenvalue weighted by atomic mass is 32.1. The van der Waals surface area contributed by atoms with Gasteiger partial charge in [0.15, 0.2) is 5.11 Å².